The fourth-order valence-electron chi connectivity index (χ4n) is 11.3. The van der Waals surface area contributed by atoms with Crippen LogP contribution in [0.1, 0.15) is 95.6 Å². The summed E-state index contributed by atoms with van der Waals surface area (Å²) in [6, 6.07) is -0.557. The van der Waals surface area contributed by atoms with Crippen molar-refractivity contribution in [3.63, 3.8) is 0 Å². The lowest BCUT2D eigenvalue weighted by Gasteiger charge is -2.63. The Labute approximate surface area is 356 Å². The van der Waals surface area contributed by atoms with E-state index in [1.165, 1.54) is 5.57 Å². The number of hydrogen-bond acceptors (Lipinski definition) is 11. The summed E-state index contributed by atoms with van der Waals surface area (Å²) in [6.07, 6.45) is 14.0. The van der Waals surface area contributed by atoms with Crippen LogP contribution in [0.25, 0.3) is 6.08 Å². The smallest absolute Gasteiger partial charge is 0.246 e. The zero-order valence-electron chi connectivity index (χ0n) is 37.0. The van der Waals surface area contributed by atoms with Crippen molar-refractivity contribution in [2.24, 2.45) is 17.8 Å². The first-order valence-electron chi connectivity index (χ1n) is 22.2. The highest BCUT2D eigenvalue weighted by Gasteiger charge is 2.85. The van der Waals surface area contributed by atoms with Gasteiger partial charge in [0.05, 0.1) is 30.3 Å². The van der Waals surface area contributed by atoms with Crippen molar-refractivity contribution in [3.05, 3.63) is 58.2 Å². The van der Waals surface area contributed by atoms with Crippen molar-refractivity contribution in [3.8, 4) is 17.2 Å². The number of piperazine rings is 1. The van der Waals surface area contributed by atoms with E-state index in [2.05, 4.69) is 41.1 Å². The SMILES string of the molecule is CC(C)=CCC[C@]1(C)C=Cc2c(O)c3c(c(CC=C(C)C)c2O1)O[C@]12C(C3=O)C(NCCN3CCOCC3)[C@@H]3CC1C(C)(C)O[C@@]2(C/C=C/C(=O)N1CCN(C)CC1)C3=O. The van der Waals surface area contributed by atoms with Gasteiger partial charge in [0.1, 0.15) is 28.4 Å². The van der Waals surface area contributed by atoms with Gasteiger partial charge in [-0.2, -0.15) is 0 Å². The van der Waals surface area contributed by atoms with E-state index in [0.717, 1.165) is 44.7 Å². The third kappa shape index (κ3) is 7.17. The molecule has 0 aromatic heterocycles. The number of Topliss-reactive ketones (excluding diaryl/α,β-unsaturated/α-hetero) is 2. The van der Waals surface area contributed by atoms with Crippen molar-refractivity contribution in [1.82, 2.24) is 20.0 Å². The number of allylic oxidation sites excluding steroid dienone is 4. The average Bonchev–Trinajstić information content (AvgIpc) is 3.33. The number of phenols is 1. The van der Waals surface area contributed by atoms with Crippen molar-refractivity contribution >= 4 is 23.5 Å². The summed E-state index contributed by atoms with van der Waals surface area (Å²) in [5.74, 6) is -1.62. The first-order valence-corrected chi connectivity index (χ1v) is 22.2. The number of hydrogen-bond donors (Lipinski definition) is 2. The lowest BCUT2D eigenvalue weighted by atomic mass is 9.45. The van der Waals surface area contributed by atoms with Crippen LogP contribution in [0.3, 0.4) is 0 Å². The molecule has 12 heteroatoms. The molecule has 3 aliphatic carbocycles. The van der Waals surface area contributed by atoms with E-state index < -0.39 is 40.3 Å². The van der Waals surface area contributed by atoms with Crippen molar-refractivity contribution < 1.29 is 38.4 Å². The van der Waals surface area contributed by atoms with Crippen molar-refractivity contribution in [2.75, 3.05) is 72.6 Å². The van der Waals surface area contributed by atoms with Crippen molar-refractivity contribution in [1.29, 1.82) is 0 Å². The van der Waals surface area contributed by atoms with Crippen LogP contribution >= 0.6 is 0 Å². The van der Waals surface area contributed by atoms with E-state index >= 15 is 9.59 Å². The number of amides is 1. The molecule has 5 heterocycles. The van der Waals surface area contributed by atoms with Gasteiger partial charge in [-0.25, -0.2) is 0 Å². The summed E-state index contributed by atoms with van der Waals surface area (Å²) in [5.41, 5.74) is -0.966. The third-order valence-corrected chi connectivity index (χ3v) is 14.5. The van der Waals surface area contributed by atoms with Gasteiger partial charge in [-0.05, 0) is 99.4 Å². The van der Waals surface area contributed by atoms with E-state index in [9.17, 15) is 9.90 Å². The van der Waals surface area contributed by atoms with Gasteiger partial charge in [-0.1, -0.05) is 29.4 Å². The predicted octanol–water partition coefficient (Wildman–Crippen LogP) is 5.52. The molecule has 1 spiro atoms. The number of nitrogens with zero attached hydrogens (tertiary/aromatic N) is 3. The third-order valence-electron chi connectivity index (χ3n) is 14.5. The van der Waals surface area contributed by atoms with Gasteiger partial charge in [0.15, 0.2) is 22.8 Å². The highest BCUT2D eigenvalue weighted by molar-refractivity contribution is 6.10. The number of rotatable bonds is 12. The molecule has 8 aliphatic rings. The Hall–Kier alpha value is -3.81. The first kappa shape index (κ1) is 42.9. The number of aromatic hydroxyl groups is 1. The van der Waals surface area contributed by atoms with Crippen LogP contribution in [0.5, 0.6) is 17.2 Å². The second kappa shape index (κ2) is 16.1. The van der Waals surface area contributed by atoms with Crippen LogP contribution in [0, 0.1) is 17.8 Å². The zero-order valence-corrected chi connectivity index (χ0v) is 37.0. The van der Waals surface area contributed by atoms with Crippen LogP contribution < -0.4 is 14.8 Å². The lowest BCUT2D eigenvalue weighted by molar-refractivity contribution is -0.205. The Morgan fingerprint density at radius 3 is 2.38 bits per heavy atom. The fourth-order valence-corrected chi connectivity index (χ4v) is 11.3. The number of morpholine rings is 1. The molecule has 7 atom stereocenters. The second-order valence-corrected chi connectivity index (χ2v) is 19.5. The van der Waals surface area contributed by atoms with Gasteiger partial charge in [-0.15, -0.1) is 0 Å². The Morgan fingerprint density at radius 1 is 0.967 bits per heavy atom. The Morgan fingerprint density at radius 2 is 1.68 bits per heavy atom. The average molecular weight is 827 g/mol. The maximum Gasteiger partial charge on any atom is 0.246 e. The van der Waals surface area contributed by atoms with E-state index in [4.69, 9.17) is 18.9 Å². The van der Waals surface area contributed by atoms with Gasteiger partial charge >= 0.3 is 0 Å². The number of ketones is 2. The molecule has 12 nitrogen and oxygen atoms in total. The minimum absolute atomic E-state index is 0.0727. The van der Waals surface area contributed by atoms with Gasteiger partial charge in [0, 0.05) is 82.2 Å². The molecule has 4 bridgehead atoms. The predicted molar refractivity (Wildman–Crippen MR) is 231 cm³/mol. The summed E-state index contributed by atoms with van der Waals surface area (Å²) in [7, 11) is 2.05. The van der Waals surface area contributed by atoms with E-state index in [-0.39, 0.29) is 46.9 Å². The zero-order chi connectivity index (χ0) is 42.8. The Bertz CT molecular complexity index is 2020. The summed E-state index contributed by atoms with van der Waals surface area (Å²) < 4.78 is 27.2. The normalized spacial score (nSPS) is 32.9. The molecule has 3 saturated heterocycles. The molecule has 0 radical (unpaired) electrons. The fraction of sp³-hybridized carbons (Fsp3) is 0.646. The summed E-state index contributed by atoms with van der Waals surface area (Å²) in [5, 5.41) is 16.0. The topological polar surface area (TPSA) is 130 Å². The van der Waals surface area contributed by atoms with Crippen LogP contribution in [0.15, 0.2) is 41.5 Å². The first-order chi connectivity index (χ1) is 28.5. The molecule has 6 fully saturated rings. The molecule has 1 aromatic rings. The van der Waals surface area contributed by atoms with Crippen LogP contribution in [0.2, 0.25) is 0 Å². The lowest BCUT2D eigenvalue weighted by Crippen LogP contribution is -2.82. The van der Waals surface area contributed by atoms with E-state index in [1.54, 1.807) is 12.2 Å². The number of ether oxygens (including phenoxy) is 4. The minimum Gasteiger partial charge on any atom is -0.506 e. The monoisotopic (exact) mass is 826 g/mol. The molecule has 326 valence electrons. The number of carbonyl (C=O) groups excluding carboxylic acids is 3. The molecule has 1 aromatic carbocycles. The summed E-state index contributed by atoms with van der Waals surface area (Å²) in [4.78, 5) is 51.1. The van der Waals surface area contributed by atoms with Gasteiger partial charge in [-0.3, -0.25) is 19.3 Å². The van der Waals surface area contributed by atoms with Gasteiger partial charge < -0.3 is 39.2 Å². The quantitative estimate of drug-likeness (QED) is 0.204. The standard InChI is InChI=1S/C48H66N4O8/c1-30(2)11-9-16-46(7)18-15-32-40(54)37-41(55)38-39(49-19-20-51-25-27-57-28-26-51)34-29-35-45(5,6)60-47(44(34)56,17-10-12-36(53)52-23-21-50(8)22-24-52)48(35,38)59-43(37)33(42(32)58-46)14-13-31(3)4/h10-13,15,18,34-35,38-39,49,54H,9,14,16-17,19-29H2,1-8H3/b12-10+/t34-,35?,38?,39?,46+,47-,48-/m0/s1. The molecule has 1 amide bonds. The van der Waals surface area contributed by atoms with Crippen LogP contribution in [-0.4, -0.2) is 138 Å². The number of carbonyl (C=O) groups is 3. The molecule has 5 aliphatic heterocycles. The van der Waals surface area contributed by atoms with Crippen LogP contribution in [-0.2, 0) is 25.5 Å². The second-order valence-electron chi connectivity index (χ2n) is 19.5. The van der Waals surface area contributed by atoms with Gasteiger partial charge in [0.25, 0.3) is 0 Å². The number of phenolic OH excluding ortho intramolecular Hbond substituents is 1. The summed E-state index contributed by atoms with van der Waals surface area (Å²) >= 11 is 0. The molecule has 9 rings (SSSR count). The number of benzene rings is 1. The number of nitrogens with one attached hydrogen (secondary N) is 1. The Kier molecular flexibility index (Phi) is 11.5. The van der Waals surface area contributed by atoms with Gasteiger partial charge in [0.2, 0.25) is 5.91 Å². The Balaban J connectivity index is 1.26. The molecule has 3 saturated carbocycles. The number of likely N-dealkylation sites (N-methyl/N-ethyl adjacent to an activating group) is 1. The maximum atomic E-state index is 15.8. The number of fused-ring (bicyclic) bond motifs is 2. The summed E-state index contributed by atoms with van der Waals surface area (Å²) in [6.45, 7) is 21.4. The van der Waals surface area contributed by atoms with Crippen LogP contribution in [0.4, 0.5) is 0 Å². The molecular formula is C48H66N4O8. The highest BCUT2D eigenvalue weighted by atomic mass is 16.6. The van der Waals surface area contributed by atoms with Crippen molar-refractivity contribution in [2.45, 2.75) is 109 Å². The largest absolute Gasteiger partial charge is 0.506 e. The molecule has 2 N–H and O–H groups in total. The maximum absolute atomic E-state index is 15.8. The molecule has 3 unspecified atom stereocenters. The minimum atomic E-state index is -1.57. The highest BCUT2D eigenvalue weighted by Crippen LogP contribution is 2.70. The van der Waals surface area contributed by atoms with E-state index in [0.29, 0.717) is 69.0 Å². The molecule has 60 heavy (non-hydrogen) atoms. The molecular weight excluding hydrogens is 761 g/mol. The van der Waals surface area contributed by atoms with E-state index in [1.807, 2.05) is 58.7 Å².